The molecule has 0 aromatic heterocycles. The number of halogens is 1. The highest BCUT2D eigenvalue weighted by Crippen LogP contribution is 2.26. The molecule has 1 N–H and O–H groups in total. The summed E-state index contributed by atoms with van der Waals surface area (Å²) in [4.78, 5) is 24.0. The number of amides is 1. The summed E-state index contributed by atoms with van der Waals surface area (Å²) in [5.41, 5.74) is -0.312. The van der Waals surface area contributed by atoms with Gasteiger partial charge in [0.1, 0.15) is 5.82 Å². The number of rotatable bonds is 7. The first-order valence-corrected chi connectivity index (χ1v) is 8.81. The van der Waals surface area contributed by atoms with Crippen molar-refractivity contribution in [2.24, 2.45) is 5.41 Å². The molecule has 0 saturated carbocycles. The number of hydrogen-bond acceptors (Lipinski definition) is 4. The van der Waals surface area contributed by atoms with Crippen molar-refractivity contribution in [3.05, 3.63) is 30.1 Å². The van der Waals surface area contributed by atoms with Crippen LogP contribution in [0.5, 0.6) is 0 Å². The molecule has 0 aliphatic rings. The van der Waals surface area contributed by atoms with Crippen molar-refractivity contribution in [3.63, 3.8) is 0 Å². The second-order valence-electron chi connectivity index (χ2n) is 7.55. The van der Waals surface area contributed by atoms with E-state index in [1.807, 2.05) is 13.8 Å². The minimum atomic E-state index is -0.549. The van der Waals surface area contributed by atoms with Crippen LogP contribution in [0.3, 0.4) is 0 Å². The van der Waals surface area contributed by atoms with E-state index in [-0.39, 0.29) is 35.0 Å². The number of carbonyl (C=O) groups is 2. The number of carbonyl (C=O) groups excluding carboxylic acids is 2. The Bertz CT molecular complexity index is 582. The molecule has 0 saturated heterocycles. The summed E-state index contributed by atoms with van der Waals surface area (Å²) in [5, 5.41) is 2.87. The van der Waals surface area contributed by atoms with Gasteiger partial charge in [-0.25, -0.2) is 4.39 Å². The summed E-state index contributed by atoms with van der Waals surface area (Å²) in [5.74, 6) is -1.31. The maximum atomic E-state index is 13.4. The monoisotopic (exact) mass is 355 g/mol. The lowest BCUT2D eigenvalue weighted by Gasteiger charge is -2.33. The van der Waals surface area contributed by atoms with Gasteiger partial charge in [-0.2, -0.15) is 0 Å². The fraction of sp³-hybridized carbons (Fsp3) is 0.556. The van der Waals surface area contributed by atoms with Gasteiger partial charge in [0.15, 0.2) is 6.61 Å². The summed E-state index contributed by atoms with van der Waals surface area (Å²) in [6.07, 6.45) is 0.794. The van der Waals surface area contributed by atoms with E-state index >= 15 is 0 Å². The zero-order chi connectivity index (χ0) is 18.4. The second kappa shape index (κ2) is 8.51. The van der Waals surface area contributed by atoms with Gasteiger partial charge in [-0.05, 0) is 37.8 Å². The van der Waals surface area contributed by atoms with E-state index in [4.69, 9.17) is 4.74 Å². The molecule has 1 aromatic carbocycles. The van der Waals surface area contributed by atoms with Gasteiger partial charge in [0.2, 0.25) is 0 Å². The highest BCUT2D eigenvalue weighted by Gasteiger charge is 2.27. The number of benzene rings is 1. The first-order chi connectivity index (χ1) is 11.0. The van der Waals surface area contributed by atoms with Crippen molar-refractivity contribution in [1.82, 2.24) is 5.32 Å². The molecule has 0 fully saturated rings. The summed E-state index contributed by atoms with van der Waals surface area (Å²) in [6.45, 7) is 9.84. The first kappa shape index (κ1) is 20.5. The Kier molecular flexibility index (Phi) is 7.27. The molecular weight excluding hydrogens is 329 g/mol. The number of hydrogen-bond donors (Lipinski definition) is 1. The molecular formula is C18H26FNO3S. The van der Waals surface area contributed by atoms with E-state index in [1.54, 1.807) is 18.2 Å². The van der Waals surface area contributed by atoms with Crippen LogP contribution in [0.2, 0.25) is 0 Å². The largest absolute Gasteiger partial charge is 0.455 e. The molecule has 0 aliphatic carbocycles. The van der Waals surface area contributed by atoms with Crippen molar-refractivity contribution >= 4 is 23.6 Å². The Morgan fingerprint density at radius 2 is 1.79 bits per heavy atom. The van der Waals surface area contributed by atoms with Crippen molar-refractivity contribution in [2.45, 2.75) is 51.5 Å². The van der Waals surface area contributed by atoms with Crippen LogP contribution in [0.4, 0.5) is 4.39 Å². The first-order valence-electron chi connectivity index (χ1n) is 7.82. The summed E-state index contributed by atoms with van der Waals surface area (Å²) in [6, 6.07) is 6.20. The van der Waals surface area contributed by atoms with Crippen molar-refractivity contribution < 1.29 is 18.7 Å². The quantitative estimate of drug-likeness (QED) is 0.597. The third-order valence-electron chi connectivity index (χ3n) is 3.00. The summed E-state index contributed by atoms with van der Waals surface area (Å²) >= 11 is 1.05. The molecule has 6 heteroatoms. The van der Waals surface area contributed by atoms with Crippen LogP contribution in [-0.4, -0.2) is 29.8 Å². The lowest BCUT2D eigenvalue weighted by molar-refractivity contribution is -0.146. The van der Waals surface area contributed by atoms with Crippen LogP contribution in [0.15, 0.2) is 29.2 Å². The number of nitrogens with one attached hydrogen (secondary N) is 1. The molecule has 24 heavy (non-hydrogen) atoms. The maximum absolute atomic E-state index is 13.4. The van der Waals surface area contributed by atoms with Gasteiger partial charge in [0, 0.05) is 10.4 Å². The Morgan fingerprint density at radius 3 is 2.38 bits per heavy atom. The zero-order valence-corrected chi connectivity index (χ0v) is 15.8. The number of esters is 1. The zero-order valence-electron chi connectivity index (χ0n) is 14.9. The molecule has 0 bridgehead atoms. The minimum absolute atomic E-state index is 0.0421. The Morgan fingerprint density at radius 1 is 1.17 bits per heavy atom. The molecule has 1 aromatic rings. The van der Waals surface area contributed by atoms with Crippen molar-refractivity contribution in [2.75, 3.05) is 12.4 Å². The molecule has 0 heterocycles. The average Bonchev–Trinajstić information content (AvgIpc) is 2.41. The van der Waals surface area contributed by atoms with Gasteiger partial charge < -0.3 is 10.1 Å². The minimum Gasteiger partial charge on any atom is -0.455 e. The SMILES string of the molecule is CC(C)(C)CC(C)(C)NC(=O)COC(=O)CSc1ccccc1F. The molecule has 0 unspecified atom stereocenters. The molecule has 1 rings (SSSR count). The highest BCUT2D eigenvalue weighted by molar-refractivity contribution is 8.00. The lowest BCUT2D eigenvalue weighted by Crippen LogP contribution is -2.47. The Hall–Kier alpha value is -1.56. The van der Waals surface area contributed by atoms with Crippen molar-refractivity contribution in [1.29, 1.82) is 0 Å². The second-order valence-corrected chi connectivity index (χ2v) is 8.57. The van der Waals surface area contributed by atoms with Crippen LogP contribution in [-0.2, 0) is 14.3 Å². The normalized spacial score (nSPS) is 11.9. The topological polar surface area (TPSA) is 55.4 Å². The highest BCUT2D eigenvalue weighted by atomic mass is 32.2. The smallest absolute Gasteiger partial charge is 0.316 e. The summed E-state index contributed by atoms with van der Waals surface area (Å²) < 4.78 is 18.4. The number of ether oxygens (including phenoxy) is 1. The predicted molar refractivity (Wildman–Crippen MR) is 94.4 cm³/mol. The molecule has 0 radical (unpaired) electrons. The molecule has 134 valence electrons. The molecule has 0 aliphatic heterocycles. The van der Waals surface area contributed by atoms with Gasteiger partial charge >= 0.3 is 5.97 Å². The standard InChI is InChI=1S/C18H26FNO3S/c1-17(2,3)12-18(4,5)20-15(21)10-23-16(22)11-24-14-9-7-6-8-13(14)19/h6-9H,10-12H2,1-5H3,(H,20,21). The van der Waals surface area contributed by atoms with Crippen LogP contribution < -0.4 is 5.32 Å². The number of thioether (sulfide) groups is 1. The maximum Gasteiger partial charge on any atom is 0.316 e. The molecule has 0 atom stereocenters. The van der Waals surface area contributed by atoms with Gasteiger partial charge in [-0.3, -0.25) is 9.59 Å². The van der Waals surface area contributed by atoms with E-state index in [2.05, 4.69) is 26.1 Å². The van der Waals surface area contributed by atoms with Gasteiger partial charge in [-0.15, -0.1) is 11.8 Å². The molecule has 1 amide bonds. The van der Waals surface area contributed by atoms with E-state index in [9.17, 15) is 14.0 Å². The van der Waals surface area contributed by atoms with Crippen LogP contribution in [0.1, 0.15) is 41.0 Å². The van der Waals surface area contributed by atoms with Gasteiger partial charge in [0.25, 0.3) is 5.91 Å². The van der Waals surface area contributed by atoms with Crippen LogP contribution >= 0.6 is 11.8 Å². The molecule has 0 spiro atoms. The van der Waals surface area contributed by atoms with Gasteiger partial charge in [-0.1, -0.05) is 32.9 Å². The predicted octanol–water partition coefficient (Wildman–Crippen LogP) is 3.79. The van der Waals surface area contributed by atoms with Crippen LogP contribution in [0, 0.1) is 11.2 Å². The Labute approximate surface area is 147 Å². The van der Waals surface area contributed by atoms with Crippen LogP contribution in [0.25, 0.3) is 0 Å². The lowest BCUT2D eigenvalue weighted by atomic mass is 9.82. The average molecular weight is 355 g/mol. The fourth-order valence-corrected chi connectivity index (χ4v) is 3.41. The third kappa shape index (κ3) is 8.34. The van der Waals surface area contributed by atoms with E-state index in [1.165, 1.54) is 6.07 Å². The van der Waals surface area contributed by atoms with Gasteiger partial charge in [0.05, 0.1) is 5.75 Å². The van der Waals surface area contributed by atoms with E-state index in [0.29, 0.717) is 4.90 Å². The van der Waals surface area contributed by atoms with E-state index in [0.717, 1.165) is 18.2 Å². The third-order valence-corrected chi connectivity index (χ3v) is 4.02. The van der Waals surface area contributed by atoms with Crippen molar-refractivity contribution in [3.8, 4) is 0 Å². The van der Waals surface area contributed by atoms with E-state index < -0.39 is 5.97 Å². The fourth-order valence-electron chi connectivity index (χ4n) is 2.67. The molecule has 4 nitrogen and oxygen atoms in total. The summed E-state index contributed by atoms with van der Waals surface area (Å²) in [7, 11) is 0. The Balaban J connectivity index is 2.36.